The van der Waals surface area contributed by atoms with Gasteiger partial charge in [-0.15, -0.1) is 0 Å². The van der Waals surface area contributed by atoms with Crippen LogP contribution in [0.5, 0.6) is 0 Å². The van der Waals surface area contributed by atoms with Crippen LogP contribution in [0.2, 0.25) is 0 Å². The molecule has 5 nitrogen and oxygen atoms in total. The van der Waals surface area contributed by atoms with Gasteiger partial charge in [0.1, 0.15) is 11.6 Å². The minimum atomic E-state index is 0.328. The second-order valence-electron chi connectivity index (χ2n) is 6.43. The Bertz CT molecular complexity index is 418. The van der Waals surface area contributed by atoms with Crippen molar-refractivity contribution in [2.24, 2.45) is 5.92 Å². The Hall–Kier alpha value is -0.940. The number of aromatic nitrogens is 3. The van der Waals surface area contributed by atoms with E-state index in [1.165, 1.54) is 12.8 Å². The number of unbranched alkanes of at least 4 members (excludes halogenated alkanes) is 1. The molecular weight excluding hydrogens is 264 g/mol. The van der Waals surface area contributed by atoms with E-state index in [-0.39, 0.29) is 0 Å². The van der Waals surface area contributed by atoms with Crippen molar-refractivity contribution in [3.63, 3.8) is 0 Å². The number of rotatable bonds is 7. The summed E-state index contributed by atoms with van der Waals surface area (Å²) in [6.07, 6.45) is 5.20. The molecule has 0 radical (unpaired) electrons. The van der Waals surface area contributed by atoms with Crippen LogP contribution < -0.4 is 0 Å². The molecule has 0 aliphatic carbocycles. The first-order valence-electron chi connectivity index (χ1n) is 8.40. The van der Waals surface area contributed by atoms with E-state index in [4.69, 9.17) is 4.74 Å². The second kappa shape index (κ2) is 7.90. The summed E-state index contributed by atoms with van der Waals surface area (Å²) in [5.41, 5.74) is 0. The van der Waals surface area contributed by atoms with Crippen LogP contribution in [0, 0.1) is 5.92 Å². The molecule has 1 N–H and O–H groups in total. The van der Waals surface area contributed by atoms with Crippen molar-refractivity contribution in [1.82, 2.24) is 20.1 Å². The Morgan fingerprint density at radius 2 is 2.14 bits per heavy atom. The van der Waals surface area contributed by atoms with E-state index < -0.39 is 0 Å². The highest BCUT2D eigenvalue weighted by atomic mass is 16.5. The molecule has 0 amide bonds. The van der Waals surface area contributed by atoms with Gasteiger partial charge in [-0.1, -0.05) is 40.5 Å². The molecule has 0 unspecified atom stereocenters. The van der Waals surface area contributed by atoms with Crippen LogP contribution in [0.15, 0.2) is 0 Å². The molecule has 5 heteroatoms. The molecule has 1 aromatic rings. The van der Waals surface area contributed by atoms with Gasteiger partial charge in [-0.2, -0.15) is 5.10 Å². The zero-order valence-electron chi connectivity index (χ0n) is 13.9. The number of morpholine rings is 1. The minimum Gasteiger partial charge on any atom is -0.372 e. The summed E-state index contributed by atoms with van der Waals surface area (Å²) in [5.74, 6) is 2.43. The minimum absolute atomic E-state index is 0.328. The first-order chi connectivity index (χ1) is 10.1. The van der Waals surface area contributed by atoms with Crippen molar-refractivity contribution < 1.29 is 4.74 Å². The van der Waals surface area contributed by atoms with Gasteiger partial charge in [0.2, 0.25) is 0 Å². The maximum Gasteiger partial charge on any atom is 0.150 e. The van der Waals surface area contributed by atoms with E-state index in [0.717, 1.165) is 44.1 Å². The molecule has 1 aliphatic heterocycles. The van der Waals surface area contributed by atoms with Gasteiger partial charge >= 0.3 is 0 Å². The van der Waals surface area contributed by atoms with E-state index in [1.54, 1.807) is 0 Å². The third-order valence-corrected chi connectivity index (χ3v) is 4.16. The van der Waals surface area contributed by atoms with Crippen LogP contribution in [0.4, 0.5) is 0 Å². The fraction of sp³-hybridized carbons (Fsp3) is 0.875. The van der Waals surface area contributed by atoms with Crippen molar-refractivity contribution in [3.05, 3.63) is 11.6 Å². The van der Waals surface area contributed by atoms with E-state index in [0.29, 0.717) is 18.1 Å². The summed E-state index contributed by atoms with van der Waals surface area (Å²) in [4.78, 5) is 7.00. The number of hydrogen-bond donors (Lipinski definition) is 1. The first kappa shape index (κ1) is 16.4. The number of nitrogens with zero attached hydrogens (tertiary/aromatic N) is 3. The van der Waals surface area contributed by atoms with Crippen molar-refractivity contribution in [1.29, 1.82) is 0 Å². The molecule has 0 saturated carbocycles. The van der Waals surface area contributed by atoms with Crippen LogP contribution >= 0.6 is 0 Å². The summed E-state index contributed by atoms with van der Waals surface area (Å²) < 4.78 is 6.26. The van der Waals surface area contributed by atoms with Gasteiger partial charge in [0.05, 0.1) is 18.8 Å². The number of nitrogens with one attached hydrogen (secondary N) is 1. The lowest BCUT2D eigenvalue weighted by atomic mass is 10.0. The lowest BCUT2D eigenvalue weighted by Gasteiger charge is -2.39. The molecule has 2 atom stereocenters. The van der Waals surface area contributed by atoms with Crippen LogP contribution in [0.1, 0.15) is 58.6 Å². The highest BCUT2D eigenvalue weighted by Gasteiger charge is 2.29. The summed E-state index contributed by atoms with van der Waals surface area (Å²) >= 11 is 0. The van der Waals surface area contributed by atoms with Crippen molar-refractivity contribution in [2.45, 2.75) is 72.1 Å². The Balaban J connectivity index is 1.95. The van der Waals surface area contributed by atoms with E-state index in [2.05, 4.69) is 47.8 Å². The highest BCUT2D eigenvalue weighted by molar-refractivity contribution is 4.91. The third-order valence-electron chi connectivity index (χ3n) is 4.16. The van der Waals surface area contributed by atoms with Crippen molar-refractivity contribution >= 4 is 0 Å². The van der Waals surface area contributed by atoms with Gasteiger partial charge in [-0.3, -0.25) is 10.00 Å². The monoisotopic (exact) mass is 294 g/mol. The molecular formula is C16H30N4O. The lowest BCUT2D eigenvalue weighted by molar-refractivity contribution is -0.108. The molecule has 1 aliphatic rings. The average Bonchev–Trinajstić information content (AvgIpc) is 2.92. The van der Waals surface area contributed by atoms with Crippen LogP contribution in [-0.4, -0.2) is 45.4 Å². The number of hydrogen-bond acceptors (Lipinski definition) is 4. The fourth-order valence-electron chi connectivity index (χ4n) is 2.81. The lowest BCUT2D eigenvalue weighted by Crippen LogP contribution is -2.49. The summed E-state index contributed by atoms with van der Waals surface area (Å²) in [6.45, 7) is 11.7. The number of H-pyrrole nitrogens is 1. The molecule has 21 heavy (non-hydrogen) atoms. The predicted octanol–water partition coefficient (Wildman–Crippen LogP) is 2.78. The number of ether oxygens (including phenoxy) is 1. The SMILES string of the molecule is CCCC[C@@H]1CN(Cc2nc(CC)n[nH]2)C[C@H](C(C)C)O1. The largest absolute Gasteiger partial charge is 0.372 e. The van der Waals surface area contributed by atoms with E-state index in [1.807, 2.05) is 0 Å². The predicted molar refractivity (Wildman–Crippen MR) is 84.1 cm³/mol. The average molecular weight is 294 g/mol. The van der Waals surface area contributed by atoms with Gasteiger partial charge in [-0.05, 0) is 12.3 Å². The van der Waals surface area contributed by atoms with Gasteiger partial charge in [-0.25, -0.2) is 4.98 Å². The van der Waals surface area contributed by atoms with Crippen molar-refractivity contribution in [2.75, 3.05) is 13.1 Å². The molecule has 1 fully saturated rings. The molecule has 1 saturated heterocycles. The number of aromatic amines is 1. The summed E-state index contributed by atoms with van der Waals surface area (Å²) in [7, 11) is 0. The maximum absolute atomic E-state index is 6.26. The Morgan fingerprint density at radius 1 is 1.33 bits per heavy atom. The topological polar surface area (TPSA) is 54.0 Å². The van der Waals surface area contributed by atoms with Gasteiger partial charge in [0, 0.05) is 19.5 Å². The zero-order valence-corrected chi connectivity index (χ0v) is 13.9. The summed E-state index contributed by atoms with van der Waals surface area (Å²) in [5, 5.41) is 7.29. The zero-order chi connectivity index (χ0) is 15.2. The number of aryl methyl sites for hydroxylation is 1. The molecule has 0 aromatic carbocycles. The summed E-state index contributed by atoms with van der Waals surface area (Å²) in [6, 6.07) is 0. The third kappa shape index (κ3) is 4.78. The van der Waals surface area contributed by atoms with Crippen LogP contribution in [0.3, 0.4) is 0 Å². The Morgan fingerprint density at radius 3 is 2.76 bits per heavy atom. The fourth-order valence-corrected chi connectivity index (χ4v) is 2.81. The molecule has 0 bridgehead atoms. The Kier molecular flexibility index (Phi) is 6.18. The normalized spacial score (nSPS) is 23.9. The Labute approximate surface area is 128 Å². The standard InChI is InChI=1S/C16H30N4O/c1-5-7-8-13-9-20(10-14(21-13)12(3)4)11-16-17-15(6-2)18-19-16/h12-14H,5-11H2,1-4H3,(H,17,18,19)/t13-,14-/m1/s1. The second-order valence-corrected chi connectivity index (χ2v) is 6.43. The quantitative estimate of drug-likeness (QED) is 0.840. The molecule has 2 rings (SSSR count). The smallest absolute Gasteiger partial charge is 0.150 e. The van der Waals surface area contributed by atoms with E-state index >= 15 is 0 Å². The van der Waals surface area contributed by atoms with Crippen LogP contribution in [-0.2, 0) is 17.7 Å². The van der Waals surface area contributed by atoms with Gasteiger partial charge in [0.15, 0.2) is 0 Å². The first-order valence-corrected chi connectivity index (χ1v) is 8.40. The maximum atomic E-state index is 6.26. The molecule has 0 spiro atoms. The molecule has 1 aromatic heterocycles. The van der Waals surface area contributed by atoms with E-state index in [9.17, 15) is 0 Å². The molecule has 120 valence electrons. The molecule has 2 heterocycles. The highest BCUT2D eigenvalue weighted by Crippen LogP contribution is 2.21. The van der Waals surface area contributed by atoms with Gasteiger partial charge < -0.3 is 4.74 Å². The van der Waals surface area contributed by atoms with Crippen LogP contribution in [0.25, 0.3) is 0 Å². The van der Waals surface area contributed by atoms with Crippen molar-refractivity contribution in [3.8, 4) is 0 Å². The van der Waals surface area contributed by atoms with Gasteiger partial charge in [0.25, 0.3) is 0 Å².